The first-order valence-corrected chi connectivity index (χ1v) is 7.06. The lowest BCUT2D eigenvalue weighted by atomic mass is 10.2. The Bertz CT molecular complexity index is 571. The van der Waals surface area contributed by atoms with E-state index in [1.54, 1.807) is 67.6 Å². The number of carbonyl (C=O) groups is 2. The minimum Gasteiger partial charge on any atom is -0.290 e. The zero-order valence-electron chi connectivity index (χ0n) is 12.5. The quantitative estimate of drug-likeness (QED) is 0.443. The van der Waals surface area contributed by atoms with Gasteiger partial charge in [-0.15, -0.1) is 9.78 Å². The van der Waals surface area contributed by atoms with Crippen LogP contribution >= 0.6 is 0 Å². The van der Waals surface area contributed by atoms with Crippen LogP contribution in [0.3, 0.4) is 0 Å². The summed E-state index contributed by atoms with van der Waals surface area (Å²) in [6.45, 7) is 1.72. The van der Waals surface area contributed by atoms with Crippen molar-refractivity contribution in [2.24, 2.45) is 0 Å². The van der Waals surface area contributed by atoms with Crippen molar-refractivity contribution in [2.75, 3.05) is 0 Å². The van der Waals surface area contributed by atoms with E-state index >= 15 is 0 Å². The zero-order chi connectivity index (χ0) is 16.5. The molecule has 0 atom stereocenters. The van der Waals surface area contributed by atoms with Gasteiger partial charge in [-0.25, -0.2) is 9.59 Å². The molecular formula is C17H16O6. The lowest BCUT2D eigenvalue weighted by Gasteiger charge is -2.13. The maximum absolute atomic E-state index is 11.7. The Hall–Kier alpha value is -2.70. The van der Waals surface area contributed by atoms with Gasteiger partial charge in [0.15, 0.2) is 0 Å². The van der Waals surface area contributed by atoms with Crippen molar-refractivity contribution in [3.05, 3.63) is 71.8 Å². The molecular weight excluding hydrogens is 300 g/mol. The molecule has 120 valence electrons. The molecule has 0 saturated carbocycles. The van der Waals surface area contributed by atoms with Gasteiger partial charge in [-0.05, 0) is 24.3 Å². The molecule has 0 saturated heterocycles. The first kappa shape index (κ1) is 16.7. The summed E-state index contributed by atoms with van der Waals surface area (Å²) in [5.41, 5.74) is 0.673. The Morgan fingerprint density at radius 1 is 0.783 bits per heavy atom. The molecule has 0 aliphatic carbocycles. The number of benzene rings is 2. The van der Waals surface area contributed by atoms with Crippen molar-refractivity contribution < 1.29 is 29.1 Å². The van der Waals surface area contributed by atoms with Crippen molar-refractivity contribution in [3.8, 4) is 0 Å². The minimum absolute atomic E-state index is 0.310. The molecule has 6 heteroatoms. The van der Waals surface area contributed by atoms with Gasteiger partial charge in [0.05, 0.1) is 11.1 Å². The fourth-order valence-electron chi connectivity index (χ4n) is 1.59. The SMILES string of the molecule is CCC(OOC(=O)c1ccccc1)OOC(=O)c1ccccc1. The van der Waals surface area contributed by atoms with E-state index in [0.717, 1.165) is 0 Å². The molecule has 2 aromatic rings. The van der Waals surface area contributed by atoms with Crippen molar-refractivity contribution >= 4 is 11.9 Å². The van der Waals surface area contributed by atoms with E-state index in [1.165, 1.54) is 0 Å². The van der Waals surface area contributed by atoms with Gasteiger partial charge in [-0.1, -0.05) is 43.3 Å². The molecule has 23 heavy (non-hydrogen) atoms. The summed E-state index contributed by atoms with van der Waals surface area (Å²) < 4.78 is 0. The fraction of sp³-hybridized carbons (Fsp3) is 0.176. The smallest absolute Gasteiger partial charge is 0.290 e. The summed E-state index contributed by atoms with van der Waals surface area (Å²) in [6.07, 6.45) is -0.709. The van der Waals surface area contributed by atoms with Crippen LogP contribution in [-0.4, -0.2) is 18.2 Å². The third-order valence-electron chi connectivity index (χ3n) is 2.81. The second-order valence-corrected chi connectivity index (χ2v) is 4.50. The number of hydrogen-bond donors (Lipinski definition) is 0. The molecule has 0 bridgehead atoms. The van der Waals surface area contributed by atoms with Crippen LogP contribution in [0.5, 0.6) is 0 Å². The van der Waals surface area contributed by atoms with Crippen molar-refractivity contribution in [1.82, 2.24) is 0 Å². The molecule has 0 fully saturated rings. The highest BCUT2D eigenvalue weighted by Crippen LogP contribution is 2.08. The second kappa shape index (κ2) is 8.67. The summed E-state index contributed by atoms with van der Waals surface area (Å²) in [6, 6.07) is 16.7. The van der Waals surface area contributed by atoms with Crippen LogP contribution in [0, 0.1) is 0 Å². The molecule has 0 radical (unpaired) electrons. The van der Waals surface area contributed by atoms with Gasteiger partial charge in [-0.3, -0.25) is 9.78 Å². The predicted octanol–water partition coefficient (Wildman–Crippen LogP) is 3.30. The molecule has 6 nitrogen and oxygen atoms in total. The van der Waals surface area contributed by atoms with Crippen molar-refractivity contribution in [2.45, 2.75) is 19.6 Å². The van der Waals surface area contributed by atoms with Crippen LogP contribution in [0.25, 0.3) is 0 Å². The van der Waals surface area contributed by atoms with Crippen LogP contribution in [0.2, 0.25) is 0 Å². The van der Waals surface area contributed by atoms with Crippen LogP contribution in [-0.2, 0) is 19.6 Å². The normalized spacial score (nSPS) is 10.3. The van der Waals surface area contributed by atoms with E-state index in [4.69, 9.17) is 9.78 Å². The van der Waals surface area contributed by atoms with Gasteiger partial charge in [0.25, 0.3) is 0 Å². The van der Waals surface area contributed by atoms with Gasteiger partial charge in [0, 0.05) is 6.42 Å². The highest BCUT2D eigenvalue weighted by atomic mass is 17.3. The van der Waals surface area contributed by atoms with E-state index in [0.29, 0.717) is 17.5 Å². The van der Waals surface area contributed by atoms with Gasteiger partial charge >= 0.3 is 11.9 Å². The topological polar surface area (TPSA) is 71.1 Å². The molecule has 0 heterocycles. The molecule has 0 N–H and O–H groups in total. The van der Waals surface area contributed by atoms with E-state index in [2.05, 4.69) is 9.78 Å². The molecule has 2 rings (SSSR count). The van der Waals surface area contributed by atoms with Gasteiger partial charge in [-0.2, -0.15) is 0 Å². The number of rotatable bonds is 7. The highest BCUT2D eigenvalue weighted by Gasteiger charge is 2.17. The van der Waals surface area contributed by atoms with E-state index in [-0.39, 0.29) is 0 Å². The largest absolute Gasteiger partial charge is 0.373 e. The molecule has 0 aromatic heterocycles. The number of hydrogen-bond acceptors (Lipinski definition) is 6. The molecule has 0 unspecified atom stereocenters. The number of carbonyl (C=O) groups excluding carboxylic acids is 2. The molecule has 2 aromatic carbocycles. The predicted molar refractivity (Wildman–Crippen MR) is 80.0 cm³/mol. The summed E-state index contributed by atoms with van der Waals surface area (Å²) in [5.74, 6) is -1.33. The van der Waals surface area contributed by atoms with Crippen LogP contribution in [0.4, 0.5) is 0 Å². The van der Waals surface area contributed by atoms with Crippen molar-refractivity contribution in [3.63, 3.8) is 0 Å². The third kappa shape index (κ3) is 5.21. The van der Waals surface area contributed by atoms with E-state index in [1.807, 2.05) is 0 Å². The van der Waals surface area contributed by atoms with Crippen LogP contribution < -0.4 is 0 Å². The fourth-order valence-corrected chi connectivity index (χ4v) is 1.59. The first-order valence-electron chi connectivity index (χ1n) is 7.06. The maximum Gasteiger partial charge on any atom is 0.373 e. The molecule has 0 amide bonds. The minimum atomic E-state index is -1.02. The Morgan fingerprint density at radius 3 is 1.52 bits per heavy atom. The van der Waals surface area contributed by atoms with E-state index in [9.17, 15) is 9.59 Å². The zero-order valence-corrected chi connectivity index (χ0v) is 12.5. The average molecular weight is 316 g/mol. The Kier molecular flexibility index (Phi) is 6.28. The van der Waals surface area contributed by atoms with Crippen LogP contribution in [0.15, 0.2) is 60.7 Å². The lowest BCUT2D eigenvalue weighted by Crippen LogP contribution is -2.21. The first-order chi connectivity index (χ1) is 11.2. The van der Waals surface area contributed by atoms with Crippen LogP contribution in [0.1, 0.15) is 34.1 Å². The molecule has 0 aliphatic rings. The molecule has 0 spiro atoms. The highest BCUT2D eigenvalue weighted by molar-refractivity contribution is 5.89. The van der Waals surface area contributed by atoms with Gasteiger partial charge < -0.3 is 0 Å². The van der Waals surface area contributed by atoms with Gasteiger partial charge in [0.2, 0.25) is 6.29 Å². The summed E-state index contributed by atoms with van der Waals surface area (Å²) in [4.78, 5) is 42.4. The standard InChI is InChI=1S/C17H16O6/c1-2-15(20-22-16(18)13-9-5-3-6-10-13)21-23-17(19)14-11-7-4-8-12-14/h3-12,15H,2H2,1H3. The summed E-state index contributed by atoms with van der Waals surface area (Å²) in [5, 5.41) is 0. The van der Waals surface area contributed by atoms with E-state index < -0.39 is 18.2 Å². The maximum atomic E-state index is 11.7. The Labute approximate surface area is 133 Å². The second-order valence-electron chi connectivity index (χ2n) is 4.50. The third-order valence-corrected chi connectivity index (χ3v) is 2.81. The summed E-state index contributed by atoms with van der Waals surface area (Å²) >= 11 is 0. The Balaban J connectivity index is 1.79. The Morgan fingerprint density at radius 2 is 1.17 bits per heavy atom. The van der Waals surface area contributed by atoms with Crippen molar-refractivity contribution in [1.29, 1.82) is 0 Å². The molecule has 0 aliphatic heterocycles. The van der Waals surface area contributed by atoms with Gasteiger partial charge in [0.1, 0.15) is 0 Å². The summed E-state index contributed by atoms with van der Waals surface area (Å²) in [7, 11) is 0. The lowest BCUT2D eigenvalue weighted by molar-refractivity contribution is -0.420. The monoisotopic (exact) mass is 316 g/mol. The average Bonchev–Trinajstić information content (AvgIpc) is 2.62.